The molecular formula is C9H7BrClNO. The summed E-state index contributed by atoms with van der Waals surface area (Å²) in [5, 5.41) is 18.5. The van der Waals surface area contributed by atoms with Gasteiger partial charge in [0.1, 0.15) is 0 Å². The van der Waals surface area contributed by atoms with Crippen molar-refractivity contribution in [1.29, 1.82) is 5.26 Å². The first-order chi connectivity index (χ1) is 6.15. The molecule has 0 bridgehead atoms. The molecule has 4 heteroatoms. The highest BCUT2D eigenvalue weighted by Crippen LogP contribution is 2.28. The molecule has 1 atom stereocenters. The Morgan fingerprint density at radius 1 is 1.62 bits per heavy atom. The molecule has 0 amide bonds. The zero-order chi connectivity index (χ0) is 9.84. The van der Waals surface area contributed by atoms with E-state index in [1.54, 1.807) is 18.2 Å². The molecule has 2 nitrogen and oxygen atoms in total. The minimum atomic E-state index is -0.780. The molecule has 0 aromatic heterocycles. The van der Waals surface area contributed by atoms with Gasteiger partial charge in [-0.3, -0.25) is 0 Å². The summed E-state index contributed by atoms with van der Waals surface area (Å²) in [6.45, 7) is 0. The molecule has 0 heterocycles. The number of hydrogen-bond donors (Lipinski definition) is 1. The molecule has 0 spiro atoms. The van der Waals surface area contributed by atoms with Crippen LogP contribution in [0.5, 0.6) is 0 Å². The zero-order valence-corrected chi connectivity index (χ0v) is 9.01. The van der Waals surface area contributed by atoms with Gasteiger partial charge in [0.15, 0.2) is 0 Å². The molecule has 1 aromatic carbocycles. The highest BCUT2D eigenvalue weighted by Gasteiger charge is 2.10. The fourth-order valence-electron chi connectivity index (χ4n) is 0.966. The lowest BCUT2D eigenvalue weighted by atomic mass is 10.1. The van der Waals surface area contributed by atoms with Crippen molar-refractivity contribution in [3.63, 3.8) is 0 Å². The first kappa shape index (κ1) is 10.5. The molecule has 13 heavy (non-hydrogen) atoms. The maximum Gasteiger partial charge on any atom is 0.0931 e. The predicted octanol–water partition coefficient (Wildman–Crippen LogP) is 3.05. The van der Waals surface area contributed by atoms with Crippen LogP contribution in [0.25, 0.3) is 0 Å². The summed E-state index contributed by atoms with van der Waals surface area (Å²) < 4.78 is 0.764. The standard InChI is InChI=1S/C9H7BrClNO/c10-8-2-1-6(11)5-7(8)9(13)3-4-12/h1-2,5,9,13H,3H2. The molecule has 0 saturated heterocycles. The molecule has 0 aliphatic rings. The van der Waals surface area contributed by atoms with Gasteiger partial charge in [-0.25, -0.2) is 0 Å². The van der Waals surface area contributed by atoms with Crippen molar-refractivity contribution >= 4 is 27.5 Å². The summed E-state index contributed by atoms with van der Waals surface area (Å²) in [6.07, 6.45) is -0.711. The SMILES string of the molecule is N#CCC(O)c1cc(Cl)ccc1Br. The number of hydrogen-bond acceptors (Lipinski definition) is 2. The Labute approximate surface area is 89.9 Å². The van der Waals surface area contributed by atoms with E-state index in [-0.39, 0.29) is 6.42 Å². The second kappa shape index (κ2) is 4.61. The van der Waals surface area contributed by atoms with Gasteiger partial charge in [0, 0.05) is 9.50 Å². The maximum atomic E-state index is 9.51. The number of nitriles is 1. The Hall–Kier alpha value is -0.560. The molecule has 1 N–H and O–H groups in total. The third kappa shape index (κ3) is 2.70. The zero-order valence-electron chi connectivity index (χ0n) is 6.67. The smallest absolute Gasteiger partial charge is 0.0931 e. The molecule has 0 aliphatic heterocycles. The van der Waals surface area contributed by atoms with Crippen molar-refractivity contribution in [3.05, 3.63) is 33.3 Å². The van der Waals surface area contributed by atoms with Crippen molar-refractivity contribution < 1.29 is 5.11 Å². The van der Waals surface area contributed by atoms with E-state index in [1.165, 1.54) is 0 Å². The Morgan fingerprint density at radius 2 is 2.31 bits per heavy atom. The lowest BCUT2D eigenvalue weighted by Crippen LogP contribution is -1.96. The minimum absolute atomic E-state index is 0.0684. The molecule has 0 radical (unpaired) electrons. The van der Waals surface area contributed by atoms with Gasteiger partial charge in [-0.05, 0) is 23.8 Å². The van der Waals surface area contributed by atoms with E-state index in [1.807, 2.05) is 6.07 Å². The number of benzene rings is 1. The van der Waals surface area contributed by atoms with Crippen molar-refractivity contribution in [3.8, 4) is 6.07 Å². The molecule has 1 aromatic rings. The number of aliphatic hydroxyl groups is 1. The first-order valence-electron chi connectivity index (χ1n) is 3.65. The van der Waals surface area contributed by atoms with Crippen LogP contribution in [0.1, 0.15) is 18.1 Å². The van der Waals surface area contributed by atoms with Gasteiger partial charge in [-0.15, -0.1) is 0 Å². The highest BCUT2D eigenvalue weighted by atomic mass is 79.9. The van der Waals surface area contributed by atoms with Crippen LogP contribution in [0.15, 0.2) is 22.7 Å². The largest absolute Gasteiger partial charge is 0.387 e. The van der Waals surface area contributed by atoms with Crippen molar-refractivity contribution in [2.24, 2.45) is 0 Å². The van der Waals surface area contributed by atoms with E-state index in [2.05, 4.69) is 15.9 Å². The minimum Gasteiger partial charge on any atom is -0.387 e. The topological polar surface area (TPSA) is 44.0 Å². The number of rotatable bonds is 2. The number of nitrogens with zero attached hydrogens (tertiary/aromatic N) is 1. The monoisotopic (exact) mass is 259 g/mol. The van der Waals surface area contributed by atoms with Gasteiger partial charge < -0.3 is 5.11 Å². The third-order valence-corrected chi connectivity index (χ3v) is 2.56. The van der Waals surface area contributed by atoms with E-state index in [0.29, 0.717) is 10.6 Å². The Bertz CT molecular complexity index is 348. The van der Waals surface area contributed by atoms with E-state index in [9.17, 15) is 5.11 Å². The Balaban J connectivity index is 3.00. The quantitative estimate of drug-likeness (QED) is 0.888. The van der Waals surface area contributed by atoms with Crippen molar-refractivity contribution in [2.75, 3.05) is 0 Å². The molecule has 1 rings (SSSR count). The van der Waals surface area contributed by atoms with Crippen LogP contribution in [0.2, 0.25) is 5.02 Å². The summed E-state index contributed by atoms with van der Waals surface area (Å²) >= 11 is 9.02. The second-order valence-electron chi connectivity index (χ2n) is 2.54. The van der Waals surface area contributed by atoms with Gasteiger partial charge in [-0.1, -0.05) is 27.5 Å². The second-order valence-corrected chi connectivity index (χ2v) is 3.83. The van der Waals surface area contributed by atoms with Crippen molar-refractivity contribution in [2.45, 2.75) is 12.5 Å². The summed E-state index contributed by atoms with van der Waals surface area (Å²) in [5.41, 5.74) is 0.647. The van der Waals surface area contributed by atoms with Gasteiger partial charge in [-0.2, -0.15) is 5.26 Å². The summed E-state index contributed by atoms with van der Waals surface area (Å²) in [4.78, 5) is 0. The molecule has 68 valence electrons. The van der Waals surface area contributed by atoms with E-state index in [0.717, 1.165) is 4.47 Å². The van der Waals surface area contributed by atoms with Crippen LogP contribution in [0, 0.1) is 11.3 Å². The predicted molar refractivity (Wildman–Crippen MR) is 54.3 cm³/mol. The van der Waals surface area contributed by atoms with Crippen LogP contribution >= 0.6 is 27.5 Å². The van der Waals surface area contributed by atoms with Crippen LogP contribution in [-0.2, 0) is 0 Å². The van der Waals surface area contributed by atoms with Crippen LogP contribution in [-0.4, -0.2) is 5.11 Å². The molecule has 0 saturated carbocycles. The summed E-state index contributed by atoms with van der Waals surface area (Å²) in [7, 11) is 0. The normalized spacial score (nSPS) is 12.2. The molecule has 1 unspecified atom stereocenters. The average Bonchev–Trinajstić information content (AvgIpc) is 2.09. The van der Waals surface area contributed by atoms with Gasteiger partial charge in [0.05, 0.1) is 18.6 Å². The van der Waals surface area contributed by atoms with Crippen molar-refractivity contribution in [1.82, 2.24) is 0 Å². The summed E-state index contributed by atoms with van der Waals surface area (Å²) in [6, 6.07) is 7.01. The number of halogens is 2. The fraction of sp³-hybridized carbons (Fsp3) is 0.222. The maximum absolute atomic E-state index is 9.51. The molecular weight excluding hydrogens is 253 g/mol. The Kier molecular flexibility index (Phi) is 3.73. The lowest BCUT2D eigenvalue weighted by Gasteiger charge is -2.09. The number of aliphatic hydroxyl groups excluding tert-OH is 1. The van der Waals surface area contributed by atoms with Gasteiger partial charge in [0.25, 0.3) is 0 Å². The molecule has 0 fully saturated rings. The molecule has 0 aliphatic carbocycles. The third-order valence-electron chi connectivity index (χ3n) is 1.60. The van der Waals surface area contributed by atoms with Crippen LogP contribution < -0.4 is 0 Å². The van der Waals surface area contributed by atoms with Gasteiger partial charge in [0.2, 0.25) is 0 Å². The Morgan fingerprint density at radius 3 is 2.92 bits per heavy atom. The summed E-state index contributed by atoms with van der Waals surface area (Å²) in [5.74, 6) is 0. The first-order valence-corrected chi connectivity index (χ1v) is 4.82. The lowest BCUT2D eigenvalue weighted by molar-refractivity contribution is 0.182. The van der Waals surface area contributed by atoms with Crippen LogP contribution in [0.4, 0.5) is 0 Å². The van der Waals surface area contributed by atoms with E-state index in [4.69, 9.17) is 16.9 Å². The van der Waals surface area contributed by atoms with Crippen LogP contribution in [0.3, 0.4) is 0 Å². The van der Waals surface area contributed by atoms with Gasteiger partial charge >= 0.3 is 0 Å². The highest BCUT2D eigenvalue weighted by molar-refractivity contribution is 9.10. The average molecular weight is 261 g/mol. The van der Waals surface area contributed by atoms with E-state index >= 15 is 0 Å². The van der Waals surface area contributed by atoms with E-state index < -0.39 is 6.10 Å². The fourth-order valence-corrected chi connectivity index (χ4v) is 1.66.